The fraction of sp³-hybridized carbons (Fsp3) is 0.214. The molecular weight excluding hydrogens is 284 g/mol. The Balaban J connectivity index is 2.06. The minimum atomic E-state index is -0.879. The molecule has 2 rings (SSSR count). The van der Waals surface area contributed by atoms with E-state index in [2.05, 4.69) is 0 Å². The van der Waals surface area contributed by atoms with Gasteiger partial charge in [-0.3, -0.25) is 4.79 Å². The number of halogens is 1. The first-order valence-corrected chi connectivity index (χ1v) is 6.93. The molecule has 1 heterocycles. The van der Waals surface area contributed by atoms with Gasteiger partial charge in [-0.25, -0.2) is 0 Å². The largest absolute Gasteiger partial charge is 0.492 e. The summed E-state index contributed by atoms with van der Waals surface area (Å²) < 4.78 is 5.52. The maximum Gasteiger partial charge on any atom is 0.315 e. The molecule has 5 heteroatoms. The summed E-state index contributed by atoms with van der Waals surface area (Å²) in [7, 11) is 0. The summed E-state index contributed by atoms with van der Waals surface area (Å²) in [5, 5.41) is 9.88. The quantitative estimate of drug-likeness (QED) is 0.908. The number of carboxylic acid groups (broad SMARTS) is 1. The highest BCUT2D eigenvalue weighted by atomic mass is 35.5. The highest BCUT2D eigenvalue weighted by Crippen LogP contribution is 2.26. The minimum absolute atomic E-state index is 0.108. The number of aliphatic carboxylic acids is 1. The molecule has 0 bridgehead atoms. The van der Waals surface area contributed by atoms with Crippen molar-refractivity contribution in [1.82, 2.24) is 0 Å². The van der Waals surface area contributed by atoms with Crippen molar-refractivity contribution in [2.75, 3.05) is 6.61 Å². The molecule has 0 aliphatic rings. The van der Waals surface area contributed by atoms with Gasteiger partial charge >= 0.3 is 5.97 Å². The third-order valence-electron chi connectivity index (χ3n) is 2.63. The molecule has 19 heavy (non-hydrogen) atoms. The van der Waals surface area contributed by atoms with Crippen LogP contribution < -0.4 is 4.74 Å². The second-order valence-electron chi connectivity index (χ2n) is 4.10. The first-order chi connectivity index (χ1) is 9.06. The van der Waals surface area contributed by atoms with E-state index in [1.165, 1.54) is 11.3 Å². The average Bonchev–Trinajstić information content (AvgIpc) is 2.78. The number of aryl methyl sites for hydroxylation is 1. The van der Waals surface area contributed by atoms with E-state index >= 15 is 0 Å². The van der Waals surface area contributed by atoms with E-state index in [0.717, 1.165) is 9.75 Å². The van der Waals surface area contributed by atoms with Gasteiger partial charge in [0, 0.05) is 14.8 Å². The van der Waals surface area contributed by atoms with E-state index in [1.807, 2.05) is 19.1 Å². The fourth-order valence-electron chi connectivity index (χ4n) is 1.63. The zero-order valence-corrected chi connectivity index (χ0v) is 11.9. The van der Waals surface area contributed by atoms with Crippen molar-refractivity contribution in [2.24, 2.45) is 0 Å². The van der Waals surface area contributed by atoms with E-state index in [9.17, 15) is 9.90 Å². The van der Waals surface area contributed by atoms with Gasteiger partial charge < -0.3 is 9.84 Å². The van der Waals surface area contributed by atoms with E-state index in [1.54, 1.807) is 24.3 Å². The van der Waals surface area contributed by atoms with Crippen molar-refractivity contribution in [2.45, 2.75) is 12.8 Å². The normalized spacial score (nSPS) is 12.1. The van der Waals surface area contributed by atoms with Gasteiger partial charge in [-0.2, -0.15) is 0 Å². The zero-order chi connectivity index (χ0) is 13.8. The summed E-state index contributed by atoms with van der Waals surface area (Å²) in [6.45, 7) is 2.06. The Bertz CT molecular complexity index is 562. The minimum Gasteiger partial charge on any atom is -0.492 e. The lowest BCUT2D eigenvalue weighted by atomic mass is 10.1. The maximum absolute atomic E-state index is 11.3. The summed E-state index contributed by atoms with van der Waals surface area (Å²) in [5.74, 6) is -0.908. The van der Waals surface area contributed by atoms with Gasteiger partial charge in [0.05, 0.1) is 0 Å². The SMILES string of the molecule is Cc1ccc(C(COc2ccc(Cl)cc2)C(=O)O)s1. The molecular formula is C14H13ClO3S. The number of carbonyl (C=O) groups is 1. The van der Waals surface area contributed by atoms with Crippen LogP contribution in [0.2, 0.25) is 5.02 Å². The summed E-state index contributed by atoms with van der Waals surface area (Å²) in [4.78, 5) is 13.2. The molecule has 1 atom stereocenters. The van der Waals surface area contributed by atoms with Gasteiger partial charge in [0.2, 0.25) is 0 Å². The summed E-state index contributed by atoms with van der Waals surface area (Å²) in [6, 6.07) is 10.6. The van der Waals surface area contributed by atoms with Gasteiger partial charge in [-0.05, 0) is 43.3 Å². The summed E-state index contributed by atoms with van der Waals surface area (Å²) in [5.41, 5.74) is 0. The average molecular weight is 297 g/mol. The molecule has 0 spiro atoms. The van der Waals surface area contributed by atoms with Gasteiger partial charge in [0.15, 0.2) is 0 Å². The molecule has 2 aromatic rings. The number of benzene rings is 1. The van der Waals surface area contributed by atoms with Crippen LogP contribution in [-0.4, -0.2) is 17.7 Å². The topological polar surface area (TPSA) is 46.5 Å². The Morgan fingerprint density at radius 1 is 1.32 bits per heavy atom. The molecule has 0 aliphatic carbocycles. The number of hydrogen-bond donors (Lipinski definition) is 1. The predicted molar refractivity (Wildman–Crippen MR) is 76.4 cm³/mol. The molecule has 100 valence electrons. The standard InChI is InChI=1S/C14H13ClO3S/c1-9-2-7-13(19-9)12(14(16)17)8-18-11-5-3-10(15)4-6-11/h2-7,12H,8H2,1H3,(H,16,17). The Morgan fingerprint density at radius 2 is 2.00 bits per heavy atom. The number of carboxylic acids is 1. The molecule has 0 aliphatic heterocycles. The lowest BCUT2D eigenvalue weighted by Gasteiger charge is -2.12. The number of rotatable bonds is 5. The van der Waals surface area contributed by atoms with E-state index in [0.29, 0.717) is 10.8 Å². The van der Waals surface area contributed by atoms with Crippen molar-refractivity contribution in [3.05, 3.63) is 51.2 Å². The van der Waals surface area contributed by atoms with Crippen LogP contribution in [0, 0.1) is 6.92 Å². The van der Waals surface area contributed by atoms with Crippen LogP contribution in [0.4, 0.5) is 0 Å². The molecule has 0 saturated carbocycles. The lowest BCUT2D eigenvalue weighted by Crippen LogP contribution is -2.18. The third kappa shape index (κ3) is 3.72. The molecule has 1 N–H and O–H groups in total. The van der Waals surface area contributed by atoms with Crippen molar-refractivity contribution >= 4 is 28.9 Å². The molecule has 0 fully saturated rings. The molecule has 3 nitrogen and oxygen atoms in total. The predicted octanol–water partition coefficient (Wildman–Crippen LogP) is 3.96. The lowest BCUT2D eigenvalue weighted by molar-refractivity contribution is -0.139. The maximum atomic E-state index is 11.3. The Morgan fingerprint density at radius 3 is 2.53 bits per heavy atom. The van der Waals surface area contributed by atoms with Crippen LogP contribution in [0.1, 0.15) is 15.7 Å². The van der Waals surface area contributed by atoms with Gasteiger partial charge in [0.1, 0.15) is 18.3 Å². The Hall–Kier alpha value is -1.52. The van der Waals surface area contributed by atoms with Gasteiger partial charge in [-0.15, -0.1) is 11.3 Å². The summed E-state index contributed by atoms with van der Waals surface area (Å²) in [6.07, 6.45) is 0. The van der Waals surface area contributed by atoms with Crippen LogP contribution in [0.25, 0.3) is 0 Å². The second-order valence-corrected chi connectivity index (χ2v) is 5.86. The Labute approximate surface area is 120 Å². The third-order valence-corrected chi connectivity index (χ3v) is 4.00. The van der Waals surface area contributed by atoms with Crippen molar-refractivity contribution in [1.29, 1.82) is 0 Å². The smallest absolute Gasteiger partial charge is 0.315 e. The van der Waals surface area contributed by atoms with Crippen molar-refractivity contribution < 1.29 is 14.6 Å². The van der Waals surface area contributed by atoms with Crippen LogP contribution in [0.3, 0.4) is 0 Å². The highest BCUT2D eigenvalue weighted by molar-refractivity contribution is 7.12. The first kappa shape index (κ1) is 13.9. The second kappa shape index (κ2) is 6.08. The van der Waals surface area contributed by atoms with E-state index < -0.39 is 11.9 Å². The summed E-state index contributed by atoms with van der Waals surface area (Å²) >= 11 is 7.26. The van der Waals surface area contributed by atoms with Crippen LogP contribution in [-0.2, 0) is 4.79 Å². The first-order valence-electron chi connectivity index (χ1n) is 5.74. The van der Waals surface area contributed by atoms with Gasteiger partial charge in [-0.1, -0.05) is 11.6 Å². The van der Waals surface area contributed by atoms with E-state index in [4.69, 9.17) is 16.3 Å². The van der Waals surface area contributed by atoms with Crippen molar-refractivity contribution in [3.63, 3.8) is 0 Å². The van der Waals surface area contributed by atoms with Crippen LogP contribution in [0.5, 0.6) is 5.75 Å². The highest BCUT2D eigenvalue weighted by Gasteiger charge is 2.22. The molecule has 0 amide bonds. The number of ether oxygens (including phenoxy) is 1. The van der Waals surface area contributed by atoms with Crippen molar-refractivity contribution in [3.8, 4) is 5.75 Å². The zero-order valence-electron chi connectivity index (χ0n) is 10.3. The molecule has 0 radical (unpaired) electrons. The van der Waals surface area contributed by atoms with Crippen LogP contribution in [0.15, 0.2) is 36.4 Å². The van der Waals surface area contributed by atoms with Crippen LogP contribution >= 0.6 is 22.9 Å². The molecule has 1 aromatic heterocycles. The monoisotopic (exact) mass is 296 g/mol. The molecule has 1 unspecified atom stereocenters. The molecule has 1 aromatic carbocycles. The van der Waals surface area contributed by atoms with E-state index in [-0.39, 0.29) is 6.61 Å². The van der Waals surface area contributed by atoms with Gasteiger partial charge in [0.25, 0.3) is 0 Å². The fourth-order valence-corrected chi connectivity index (χ4v) is 2.71. The number of hydrogen-bond acceptors (Lipinski definition) is 3. The Kier molecular flexibility index (Phi) is 4.45. The number of thiophene rings is 1. The molecule has 0 saturated heterocycles.